The maximum Gasteiger partial charge on any atom is 0.310 e. The molecule has 98 valence electrons. The molecule has 1 aliphatic rings. The van der Waals surface area contributed by atoms with Gasteiger partial charge in [0.2, 0.25) is 0 Å². The highest BCUT2D eigenvalue weighted by atomic mass is 35.5. The van der Waals surface area contributed by atoms with Gasteiger partial charge in [-0.25, -0.2) is 0 Å². The summed E-state index contributed by atoms with van der Waals surface area (Å²) >= 11 is 5.89. The predicted molar refractivity (Wildman–Crippen MR) is 73.2 cm³/mol. The summed E-state index contributed by atoms with van der Waals surface area (Å²) in [6.45, 7) is 0. The van der Waals surface area contributed by atoms with Crippen molar-refractivity contribution < 1.29 is 4.92 Å². The minimum absolute atomic E-state index is 0.0107. The number of benzene rings is 1. The van der Waals surface area contributed by atoms with Gasteiger partial charge >= 0.3 is 5.69 Å². The van der Waals surface area contributed by atoms with Crippen molar-refractivity contribution in [3.05, 3.63) is 33.3 Å². The van der Waals surface area contributed by atoms with E-state index in [0.717, 1.165) is 12.8 Å². The molecule has 0 unspecified atom stereocenters. The Hall–Kier alpha value is -1.29. The molecular weight excluding hydrogens is 252 g/mol. The number of para-hydroxylation sites is 1. The van der Waals surface area contributed by atoms with Crippen LogP contribution in [0.25, 0.3) is 0 Å². The van der Waals surface area contributed by atoms with Crippen molar-refractivity contribution >= 4 is 23.0 Å². The number of rotatable bonds is 3. The van der Waals surface area contributed by atoms with Crippen molar-refractivity contribution in [2.45, 2.75) is 44.6 Å². The van der Waals surface area contributed by atoms with Crippen LogP contribution in [0.15, 0.2) is 18.2 Å². The molecule has 1 aromatic rings. The number of nitro benzene ring substituents is 1. The lowest BCUT2D eigenvalue weighted by Crippen LogP contribution is -2.19. The molecule has 0 aliphatic heterocycles. The monoisotopic (exact) mass is 268 g/mol. The van der Waals surface area contributed by atoms with Crippen LogP contribution >= 0.6 is 11.6 Å². The van der Waals surface area contributed by atoms with Gasteiger partial charge in [0, 0.05) is 6.04 Å². The zero-order valence-electron chi connectivity index (χ0n) is 10.2. The quantitative estimate of drug-likeness (QED) is 0.503. The van der Waals surface area contributed by atoms with Crippen LogP contribution in [0.2, 0.25) is 5.02 Å². The molecule has 0 heterocycles. The van der Waals surface area contributed by atoms with Gasteiger partial charge in [0.15, 0.2) is 0 Å². The molecule has 0 amide bonds. The standard InChI is InChI=1S/C13H17ClN2O2/c14-11-8-5-9-12(13(11)16(17)18)15-10-6-3-1-2-4-7-10/h5,8-10,15H,1-4,6-7H2. The first kappa shape index (κ1) is 13.1. The molecule has 4 nitrogen and oxygen atoms in total. The van der Waals surface area contributed by atoms with E-state index < -0.39 is 4.92 Å². The van der Waals surface area contributed by atoms with Gasteiger partial charge < -0.3 is 5.32 Å². The van der Waals surface area contributed by atoms with E-state index in [4.69, 9.17) is 11.6 Å². The fourth-order valence-electron chi connectivity index (χ4n) is 2.46. The van der Waals surface area contributed by atoms with Crippen molar-refractivity contribution in [3.8, 4) is 0 Å². The molecule has 1 saturated carbocycles. The molecule has 1 aliphatic carbocycles. The second kappa shape index (κ2) is 6.05. The SMILES string of the molecule is O=[N+]([O-])c1c(Cl)cccc1NC1CCCCCC1. The van der Waals surface area contributed by atoms with Crippen LogP contribution in [0.1, 0.15) is 38.5 Å². The summed E-state index contributed by atoms with van der Waals surface area (Å²) in [5, 5.41) is 14.5. The average Bonchev–Trinajstić information content (AvgIpc) is 2.57. The number of nitro groups is 1. The molecule has 0 radical (unpaired) electrons. The number of hydrogen-bond acceptors (Lipinski definition) is 3. The highest BCUT2D eigenvalue weighted by molar-refractivity contribution is 6.33. The van der Waals surface area contributed by atoms with E-state index in [1.54, 1.807) is 18.2 Å². The van der Waals surface area contributed by atoms with Crippen LogP contribution in [-0.2, 0) is 0 Å². The Balaban J connectivity index is 2.17. The van der Waals surface area contributed by atoms with Crippen LogP contribution in [0, 0.1) is 10.1 Å². The van der Waals surface area contributed by atoms with Gasteiger partial charge in [0.05, 0.1) is 4.92 Å². The molecule has 0 aromatic heterocycles. The minimum atomic E-state index is -0.415. The van der Waals surface area contributed by atoms with E-state index >= 15 is 0 Å². The Labute approximate surface area is 111 Å². The van der Waals surface area contributed by atoms with Gasteiger partial charge in [-0.2, -0.15) is 0 Å². The zero-order chi connectivity index (χ0) is 13.0. The minimum Gasteiger partial charge on any atom is -0.377 e. The number of nitrogens with one attached hydrogen (secondary N) is 1. The van der Waals surface area contributed by atoms with E-state index in [-0.39, 0.29) is 10.7 Å². The summed E-state index contributed by atoms with van der Waals surface area (Å²) in [4.78, 5) is 10.6. The van der Waals surface area contributed by atoms with Crippen LogP contribution in [0.5, 0.6) is 0 Å². The molecule has 0 bridgehead atoms. The molecule has 2 rings (SSSR count). The van der Waals surface area contributed by atoms with Gasteiger partial charge in [-0.1, -0.05) is 43.4 Å². The lowest BCUT2D eigenvalue weighted by Gasteiger charge is -2.17. The van der Waals surface area contributed by atoms with Crippen LogP contribution in [0.3, 0.4) is 0 Å². The van der Waals surface area contributed by atoms with Crippen LogP contribution < -0.4 is 5.32 Å². The van der Waals surface area contributed by atoms with Gasteiger partial charge in [-0.15, -0.1) is 0 Å². The van der Waals surface area contributed by atoms with E-state index in [0.29, 0.717) is 11.7 Å². The third-order valence-electron chi connectivity index (χ3n) is 3.38. The summed E-state index contributed by atoms with van der Waals surface area (Å²) < 4.78 is 0. The summed E-state index contributed by atoms with van der Waals surface area (Å²) in [6.07, 6.45) is 7.04. The smallest absolute Gasteiger partial charge is 0.310 e. The molecule has 1 fully saturated rings. The molecule has 0 saturated heterocycles. The number of anilines is 1. The molecular formula is C13H17ClN2O2. The first-order chi connectivity index (χ1) is 8.68. The number of halogens is 1. The first-order valence-corrected chi connectivity index (χ1v) is 6.75. The first-order valence-electron chi connectivity index (χ1n) is 6.38. The number of hydrogen-bond donors (Lipinski definition) is 1. The summed E-state index contributed by atoms with van der Waals surface area (Å²) in [5.41, 5.74) is 0.530. The molecule has 0 spiro atoms. The second-order valence-corrected chi connectivity index (χ2v) is 5.13. The van der Waals surface area contributed by atoms with Crippen LogP contribution in [0.4, 0.5) is 11.4 Å². The zero-order valence-corrected chi connectivity index (χ0v) is 10.9. The maximum absolute atomic E-state index is 11.0. The molecule has 5 heteroatoms. The lowest BCUT2D eigenvalue weighted by atomic mass is 10.1. The Morgan fingerprint density at radius 2 is 1.89 bits per heavy atom. The Morgan fingerprint density at radius 1 is 1.22 bits per heavy atom. The molecule has 1 N–H and O–H groups in total. The second-order valence-electron chi connectivity index (χ2n) is 4.73. The van der Waals surface area contributed by atoms with E-state index in [1.807, 2.05) is 0 Å². The van der Waals surface area contributed by atoms with Crippen LogP contribution in [-0.4, -0.2) is 11.0 Å². The van der Waals surface area contributed by atoms with Crippen molar-refractivity contribution in [3.63, 3.8) is 0 Å². The van der Waals surface area contributed by atoms with Gasteiger partial charge in [0.25, 0.3) is 0 Å². The predicted octanol–water partition coefficient (Wildman–Crippen LogP) is 4.38. The normalized spacial score (nSPS) is 17.2. The summed E-state index contributed by atoms with van der Waals surface area (Å²) in [6, 6.07) is 5.35. The van der Waals surface area contributed by atoms with Crippen molar-refractivity contribution in [1.82, 2.24) is 0 Å². The van der Waals surface area contributed by atoms with Crippen molar-refractivity contribution in [1.29, 1.82) is 0 Å². The van der Waals surface area contributed by atoms with Gasteiger partial charge in [-0.05, 0) is 25.0 Å². The molecule has 1 aromatic carbocycles. The van der Waals surface area contributed by atoms with Gasteiger partial charge in [-0.3, -0.25) is 10.1 Å². The molecule has 18 heavy (non-hydrogen) atoms. The van der Waals surface area contributed by atoms with Crippen molar-refractivity contribution in [2.75, 3.05) is 5.32 Å². The lowest BCUT2D eigenvalue weighted by molar-refractivity contribution is -0.383. The Bertz CT molecular complexity index is 429. The highest BCUT2D eigenvalue weighted by Crippen LogP contribution is 2.33. The topological polar surface area (TPSA) is 55.2 Å². The largest absolute Gasteiger partial charge is 0.377 e. The van der Waals surface area contributed by atoms with Crippen molar-refractivity contribution in [2.24, 2.45) is 0 Å². The van der Waals surface area contributed by atoms with E-state index in [9.17, 15) is 10.1 Å². The third kappa shape index (κ3) is 3.13. The maximum atomic E-state index is 11.0. The van der Waals surface area contributed by atoms with Gasteiger partial charge in [0.1, 0.15) is 10.7 Å². The Kier molecular flexibility index (Phi) is 4.42. The highest BCUT2D eigenvalue weighted by Gasteiger charge is 2.21. The summed E-state index contributed by atoms with van der Waals surface area (Å²) in [7, 11) is 0. The van der Waals surface area contributed by atoms with E-state index in [1.165, 1.54) is 25.7 Å². The summed E-state index contributed by atoms with van der Waals surface area (Å²) in [5.74, 6) is 0. The fraction of sp³-hybridized carbons (Fsp3) is 0.538. The number of nitrogens with zero attached hydrogens (tertiary/aromatic N) is 1. The molecule has 0 atom stereocenters. The Morgan fingerprint density at radius 3 is 2.50 bits per heavy atom. The third-order valence-corrected chi connectivity index (χ3v) is 3.69. The van der Waals surface area contributed by atoms with E-state index in [2.05, 4.69) is 5.32 Å². The fourth-order valence-corrected chi connectivity index (χ4v) is 2.70. The average molecular weight is 269 g/mol.